The lowest BCUT2D eigenvalue weighted by Crippen LogP contribution is -2.17. The largest absolute Gasteiger partial charge is 0.374 e. The Morgan fingerprint density at radius 3 is 3.12 bits per heavy atom. The molecule has 1 aliphatic carbocycles. The fourth-order valence-corrected chi connectivity index (χ4v) is 2.31. The van der Waals surface area contributed by atoms with Gasteiger partial charge < -0.3 is 15.0 Å². The van der Waals surface area contributed by atoms with Crippen molar-refractivity contribution in [3.8, 4) is 0 Å². The lowest BCUT2D eigenvalue weighted by Gasteiger charge is -2.12. The fraction of sp³-hybridized carbons (Fsp3) is 0.818. The Morgan fingerprint density at radius 2 is 2.38 bits per heavy atom. The lowest BCUT2D eigenvalue weighted by atomic mass is 9.96. The minimum atomic E-state index is 0.355. The van der Waals surface area contributed by atoms with Gasteiger partial charge in [0.15, 0.2) is 5.82 Å². The van der Waals surface area contributed by atoms with Crippen LogP contribution in [-0.2, 0) is 11.3 Å². The van der Waals surface area contributed by atoms with Gasteiger partial charge in [-0.3, -0.25) is 0 Å². The van der Waals surface area contributed by atoms with Crippen molar-refractivity contribution < 1.29 is 9.26 Å². The Bertz CT molecular complexity index is 327. The van der Waals surface area contributed by atoms with Crippen molar-refractivity contribution >= 4 is 0 Å². The number of hydrogen-bond donors (Lipinski definition) is 1. The molecule has 90 valence electrons. The van der Waals surface area contributed by atoms with Gasteiger partial charge in [0.2, 0.25) is 5.89 Å². The van der Waals surface area contributed by atoms with E-state index < -0.39 is 0 Å². The Hall–Kier alpha value is -0.940. The molecule has 16 heavy (non-hydrogen) atoms. The molecule has 0 aliphatic heterocycles. The number of ether oxygens (including phenoxy) is 1. The van der Waals surface area contributed by atoms with E-state index in [-0.39, 0.29) is 0 Å². The molecule has 1 aromatic rings. The molecular formula is C11H19N3O2. The van der Waals surface area contributed by atoms with Crippen LogP contribution in [0.15, 0.2) is 4.52 Å². The molecule has 0 spiro atoms. The van der Waals surface area contributed by atoms with Crippen LogP contribution in [0.5, 0.6) is 0 Å². The average molecular weight is 225 g/mol. The minimum absolute atomic E-state index is 0.355. The van der Waals surface area contributed by atoms with Crippen molar-refractivity contribution in [2.75, 3.05) is 13.2 Å². The molecule has 2 N–H and O–H groups in total. The van der Waals surface area contributed by atoms with Gasteiger partial charge in [0, 0.05) is 12.5 Å². The SMILES string of the molecule is CCOCc1noc(C2CCCC2CN)n1. The third-order valence-electron chi connectivity index (χ3n) is 3.20. The zero-order valence-electron chi connectivity index (χ0n) is 9.69. The van der Waals surface area contributed by atoms with E-state index in [2.05, 4.69) is 10.1 Å². The summed E-state index contributed by atoms with van der Waals surface area (Å²) in [7, 11) is 0. The van der Waals surface area contributed by atoms with Crippen LogP contribution in [0, 0.1) is 5.92 Å². The number of nitrogens with zero attached hydrogens (tertiary/aromatic N) is 2. The number of rotatable bonds is 5. The summed E-state index contributed by atoms with van der Waals surface area (Å²) in [6, 6.07) is 0. The first kappa shape index (κ1) is 11.5. The maximum atomic E-state index is 5.73. The van der Waals surface area contributed by atoms with Crippen molar-refractivity contribution in [2.24, 2.45) is 11.7 Å². The third-order valence-corrected chi connectivity index (χ3v) is 3.20. The molecule has 2 atom stereocenters. The van der Waals surface area contributed by atoms with Crippen molar-refractivity contribution in [3.63, 3.8) is 0 Å². The quantitative estimate of drug-likeness (QED) is 0.821. The Kier molecular flexibility index (Phi) is 3.90. The van der Waals surface area contributed by atoms with Crippen molar-refractivity contribution in [3.05, 3.63) is 11.7 Å². The monoisotopic (exact) mass is 225 g/mol. The average Bonchev–Trinajstić information content (AvgIpc) is 2.94. The molecule has 0 amide bonds. The van der Waals surface area contributed by atoms with Crippen LogP contribution >= 0.6 is 0 Å². The smallest absolute Gasteiger partial charge is 0.230 e. The molecule has 2 rings (SSSR count). The number of aromatic nitrogens is 2. The predicted molar refractivity (Wildman–Crippen MR) is 58.8 cm³/mol. The predicted octanol–water partition coefficient (Wildman–Crippen LogP) is 1.45. The summed E-state index contributed by atoms with van der Waals surface area (Å²) >= 11 is 0. The summed E-state index contributed by atoms with van der Waals surface area (Å²) in [6.07, 6.45) is 3.48. The summed E-state index contributed by atoms with van der Waals surface area (Å²) < 4.78 is 10.5. The normalized spacial score (nSPS) is 25.1. The van der Waals surface area contributed by atoms with E-state index in [0.29, 0.717) is 37.4 Å². The van der Waals surface area contributed by atoms with E-state index in [0.717, 1.165) is 12.3 Å². The van der Waals surface area contributed by atoms with Crippen LogP contribution in [0.3, 0.4) is 0 Å². The van der Waals surface area contributed by atoms with Gasteiger partial charge in [-0.05, 0) is 32.2 Å². The van der Waals surface area contributed by atoms with Gasteiger partial charge in [-0.25, -0.2) is 0 Å². The fourth-order valence-electron chi connectivity index (χ4n) is 2.31. The minimum Gasteiger partial charge on any atom is -0.374 e. The highest BCUT2D eigenvalue weighted by atomic mass is 16.5. The summed E-state index contributed by atoms with van der Waals surface area (Å²) in [5.74, 6) is 2.23. The number of nitrogens with two attached hydrogens (primary N) is 1. The molecule has 0 bridgehead atoms. The van der Waals surface area contributed by atoms with Crippen LogP contribution in [0.4, 0.5) is 0 Å². The Morgan fingerprint density at radius 1 is 1.50 bits per heavy atom. The molecule has 1 aromatic heterocycles. The molecule has 5 heteroatoms. The second kappa shape index (κ2) is 5.41. The molecule has 1 aliphatic rings. The second-order valence-electron chi connectivity index (χ2n) is 4.22. The van der Waals surface area contributed by atoms with Gasteiger partial charge in [-0.15, -0.1) is 0 Å². The van der Waals surface area contributed by atoms with Crippen molar-refractivity contribution in [1.29, 1.82) is 0 Å². The van der Waals surface area contributed by atoms with E-state index in [1.165, 1.54) is 12.8 Å². The summed E-state index contributed by atoms with van der Waals surface area (Å²) in [5.41, 5.74) is 5.73. The Labute approximate surface area is 95.3 Å². The van der Waals surface area contributed by atoms with Gasteiger partial charge in [0.05, 0.1) is 0 Å². The van der Waals surface area contributed by atoms with Gasteiger partial charge in [-0.1, -0.05) is 11.6 Å². The third kappa shape index (κ3) is 2.41. The number of hydrogen-bond acceptors (Lipinski definition) is 5. The van der Waals surface area contributed by atoms with Crippen LogP contribution in [0.2, 0.25) is 0 Å². The van der Waals surface area contributed by atoms with Gasteiger partial charge in [0.1, 0.15) is 6.61 Å². The van der Waals surface area contributed by atoms with Crippen LogP contribution in [0.1, 0.15) is 43.8 Å². The Balaban J connectivity index is 2.00. The van der Waals surface area contributed by atoms with Gasteiger partial charge in [-0.2, -0.15) is 4.98 Å². The van der Waals surface area contributed by atoms with Crippen molar-refractivity contribution in [1.82, 2.24) is 10.1 Å². The highest BCUT2D eigenvalue weighted by Crippen LogP contribution is 2.38. The molecule has 1 saturated carbocycles. The van der Waals surface area contributed by atoms with Crippen LogP contribution < -0.4 is 5.73 Å². The molecule has 1 fully saturated rings. The summed E-state index contributed by atoms with van der Waals surface area (Å²) in [5, 5.41) is 3.92. The zero-order chi connectivity index (χ0) is 11.4. The molecule has 0 saturated heterocycles. The first-order valence-electron chi connectivity index (χ1n) is 5.95. The molecule has 0 radical (unpaired) electrons. The first-order chi connectivity index (χ1) is 7.85. The summed E-state index contributed by atoms with van der Waals surface area (Å²) in [6.45, 7) is 3.75. The maximum Gasteiger partial charge on any atom is 0.230 e. The topological polar surface area (TPSA) is 74.2 Å². The van der Waals surface area contributed by atoms with Gasteiger partial charge >= 0.3 is 0 Å². The van der Waals surface area contributed by atoms with Crippen LogP contribution in [0.25, 0.3) is 0 Å². The lowest BCUT2D eigenvalue weighted by molar-refractivity contribution is 0.126. The van der Waals surface area contributed by atoms with E-state index in [4.69, 9.17) is 15.0 Å². The summed E-state index contributed by atoms with van der Waals surface area (Å²) in [4.78, 5) is 4.37. The molecule has 1 heterocycles. The molecule has 5 nitrogen and oxygen atoms in total. The van der Waals surface area contributed by atoms with E-state index >= 15 is 0 Å². The first-order valence-corrected chi connectivity index (χ1v) is 5.95. The molecular weight excluding hydrogens is 206 g/mol. The van der Waals surface area contributed by atoms with E-state index in [1.54, 1.807) is 0 Å². The molecule has 2 unspecified atom stereocenters. The standard InChI is InChI=1S/C11H19N3O2/c1-2-15-7-10-13-11(16-14-10)9-5-3-4-8(9)6-12/h8-9H,2-7,12H2,1H3. The highest BCUT2D eigenvalue weighted by molar-refractivity contribution is 4.99. The molecule has 0 aromatic carbocycles. The van der Waals surface area contributed by atoms with Gasteiger partial charge in [0.25, 0.3) is 0 Å². The zero-order valence-corrected chi connectivity index (χ0v) is 9.69. The van der Waals surface area contributed by atoms with E-state index in [9.17, 15) is 0 Å². The maximum absolute atomic E-state index is 5.73. The van der Waals surface area contributed by atoms with Crippen molar-refractivity contribution in [2.45, 2.75) is 38.7 Å². The van der Waals surface area contributed by atoms with Crippen LogP contribution in [-0.4, -0.2) is 23.3 Å². The second-order valence-corrected chi connectivity index (χ2v) is 4.22. The highest BCUT2D eigenvalue weighted by Gasteiger charge is 2.31. The van der Waals surface area contributed by atoms with E-state index in [1.807, 2.05) is 6.92 Å².